The van der Waals surface area contributed by atoms with Gasteiger partial charge in [-0.25, -0.2) is 0 Å². The van der Waals surface area contributed by atoms with Crippen molar-refractivity contribution in [1.82, 2.24) is 5.32 Å². The fourth-order valence-electron chi connectivity index (χ4n) is 2.29. The van der Waals surface area contributed by atoms with Crippen LogP contribution in [0, 0.1) is 10.1 Å². The second-order valence-corrected chi connectivity index (χ2v) is 7.54. The number of rotatable bonds is 5. The summed E-state index contributed by atoms with van der Waals surface area (Å²) in [6.45, 7) is 0. The summed E-state index contributed by atoms with van der Waals surface area (Å²) in [7, 11) is 0. The zero-order valence-electron chi connectivity index (χ0n) is 13.3. The predicted octanol–water partition coefficient (Wildman–Crippen LogP) is 3.52. The van der Waals surface area contributed by atoms with Crippen molar-refractivity contribution in [2.75, 3.05) is 0 Å². The number of carbonyl (C=O) groups is 1. The van der Waals surface area contributed by atoms with Gasteiger partial charge in [-0.1, -0.05) is 52.0 Å². The van der Waals surface area contributed by atoms with Crippen molar-refractivity contribution >= 4 is 50.7 Å². The van der Waals surface area contributed by atoms with Gasteiger partial charge in [0, 0.05) is 22.2 Å². The van der Waals surface area contributed by atoms with Gasteiger partial charge in [0.15, 0.2) is 5.17 Å². The molecule has 1 aliphatic rings. The van der Waals surface area contributed by atoms with Crippen LogP contribution >= 0.6 is 27.7 Å². The average molecular weight is 433 g/mol. The van der Waals surface area contributed by atoms with Crippen molar-refractivity contribution in [2.45, 2.75) is 11.7 Å². The molecule has 2 aromatic rings. The summed E-state index contributed by atoms with van der Waals surface area (Å²) in [4.78, 5) is 22.3. The predicted molar refractivity (Wildman–Crippen MR) is 105 cm³/mol. The number of non-ortho nitro benzene ring substituents is 1. The van der Waals surface area contributed by atoms with Gasteiger partial charge in [-0.3, -0.25) is 14.9 Å². The number of hydrogen-bond donors (Lipinski definition) is 1. The van der Waals surface area contributed by atoms with Crippen LogP contribution in [0.3, 0.4) is 0 Å². The molecule has 1 N–H and O–H groups in total. The summed E-state index contributed by atoms with van der Waals surface area (Å²) >= 11 is 4.70. The lowest BCUT2D eigenvalue weighted by Gasteiger charge is -2.05. The van der Waals surface area contributed by atoms with Crippen molar-refractivity contribution in [1.29, 1.82) is 0 Å². The topological polar surface area (TPSA) is 97.0 Å². The molecule has 1 atom stereocenters. The third kappa shape index (κ3) is 4.77. The van der Waals surface area contributed by atoms with E-state index in [1.165, 1.54) is 30.1 Å². The number of carbonyl (C=O) groups excluding carboxylic acids is 1. The summed E-state index contributed by atoms with van der Waals surface area (Å²) in [6.07, 6.45) is 2.01. The van der Waals surface area contributed by atoms with Crippen molar-refractivity contribution in [3.05, 3.63) is 74.2 Å². The first-order valence-corrected chi connectivity index (χ1v) is 9.26. The van der Waals surface area contributed by atoms with E-state index in [0.717, 1.165) is 10.0 Å². The summed E-state index contributed by atoms with van der Waals surface area (Å²) in [5.74, 6) is -0.109. The average Bonchev–Trinajstić information content (AvgIpc) is 2.97. The molecule has 0 aliphatic carbocycles. The Morgan fingerprint density at radius 3 is 2.77 bits per heavy atom. The maximum atomic E-state index is 12.1. The minimum absolute atomic E-state index is 0.0142. The van der Waals surface area contributed by atoms with Crippen LogP contribution in [0.2, 0.25) is 0 Å². The van der Waals surface area contributed by atoms with E-state index in [-0.39, 0.29) is 16.8 Å². The molecule has 1 unspecified atom stereocenters. The fraction of sp³-hybridized carbons (Fsp3) is 0.118. The molecule has 2 aromatic carbocycles. The van der Waals surface area contributed by atoms with Crippen LogP contribution in [0.5, 0.6) is 0 Å². The van der Waals surface area contributed by atoms with Gasteiger partial charge in [-0.2, -0.15) is 5.10 Å². The van der Waals surface area contributed by atoms with Gasteiger partial charge in [-0.05, 0) is 24.1 Å². The second kappa shape index (κ2) is 8.24. The third-order valence-electron chi connectivity index (χ3n) is 3.55. The maximum absolute atomic E-state index is 12.1. The molecule has 132 valence electrons. The molecule has 26 heavy (non-hydrogen) atoms. The summed E-state index contributed by atoms with van der Waals surface area (Å²) < 4.78 is 0.988. The highest BCUT2D eigenvalue weighted by Crippen LogP contribution is 2.24. The van der Waals surface area contributed by atoms with Crippen LogP contribution in [-0.4, -0.2) is 27.5 Å². The monoisotopic (exact) mass is 432 g/mol. The number of halogens is 1. The fourth-order valence-corrected chi connectivity index (χ4v) is 3.52. The quantitative estimate of drug-likeness (QED) is 0.443. The Hall–Kier alpha value is -2.52. The Balaban J connectivity index is 1.63. The molecular weight excluding hydrogens is 420 g/mol. The minimum Gasteiger partial charge on any atom is -0.303 e. The van der Waals surface area contributed by atoms with Gasteiger partial charge < -0.3 is 5.32 Å². The van der Waals surface area contributed by atoms with Crippen LogP contribution < -0.4 is 5.32 Å². The van der Waals surface area contributed by atoms with E-state index in [1.54, 1.807) is 12.1 Å². The zero-order chi connectivity index (χ0) is 18.5. The molecule has 1 fully saturated rings. The van der Waals surface area contributed by atoms with Gasteiger partial charge >= 0.3 is 0 Å². The van der Waals surface area contributed by atoms with E-state index in [1.807, 2.05) is 24.3 Å². The number of amidine groups is 1. The number of nitrogens with one attached hydrogen (secondary N) is 1. The number of nitro groups is 1. The molecule has 0 aromatic heterocycles. The standard InChI is InChI=1S/C17H13BrN4O3S/c18-13-6-4-11(5-7-13)9-15-16(23)20-17(26-15)21-19-10-12-2-1-3-14(8-12)22(24)25/h1-8,10,15H,9H2,(H,20,21,23)/b19-10-. The molecule has 9 heteroatoms. The summed E-state index contributed by atoms with van der Waals surface area (Å²) in [6, 6.07) is 13.9. The van der Waals surface area contributed by atoms with E-state index >= 15 is 0 Å². The SMILES string of the molecule is O=C1N/C(=N\N=C/c2cccc([N+](=O)[O-])c2)SC1Cc1ccc(Br)cc1. The highest BCUT2D eigenvalue weighted by molar-refractivity contribution is 9.10. The van der Waals surface area contributed by atoms with E-state index in [2.05, 4.69) is 31.4 Å². The second-order valence-electron chi connectivity index (χ2n) is 5.43. The van der Waals surface area contributed by atoms with Gasteiger partial charge in [0.2, 0.25) is 5.91 Å². The molecule has 1 aliphatic heterocycles. The highest BCUT2D eigenvalue weighted by Gasteiger charge is 2.30. The van der Waals surface area contributed by atoms with E-state index in [0.29, 0.717) is 17.2 Å². The van der Waals surface area contributed by atoms with Gasteiger partial charge in [0.05, 0.1) is 16.4 Å². The Labute approximate surface area is 161 Å². The number of nitrogens with zero attached hydrogens (tertiary/aromatic N) is 3. The van der Waals surface area contributed by atoms with Crippen molar-refractivity contribution in [3.63, 3.8) is 0 Å². The molecule has 0 spiro atoms. The third-order valence-corrected chi connectivity index (χ3v) is 5.15. The lowest BCUT2D eigenvalue weighted by Crippen LogP contribution is -2.25. The van der Waals surface area contributed by atoms with Crippen molar-refractivity contribution < 1.29 is 9.72 Å². The van der Waals surface area contributed by atoms with Crippen LogP contribution in [0.25, 0.3) is 0 Å². The smallest absolute Gasteiger partial charge is 0.270 e. The Morgan fingerprint density at radius 2 is 2.04 bits per heavy atom. The van der Waals surface area contributed by atoms with Crippen LogP contribution in [0.15, 0.2) is 63.2 Å². The zero-order valence-corrected chi connectivity index (χ0v) is 15.7. The lowest BCUT2D eigenvalue weighted by atomic mass is 10.1. The lowest BCUT2D eigenvalue weighted by molar-refractivity contribution is -0.384. The van der Waals surface area contributed by atoms with Gasteiger partial charge in [-0.15, -0.1) is 5.10 Å². The molecule has 1 heterocycles. The van der Waals surface area contributed by atoms with Gasteiger partial charge in [0.1, 0.15) is 0 Å². The number of amides is 1. The molecular formula is C17H13BrN4O3S. The number of hydrogen-bond acceptors (Lipinski definition) is 6. The molecule has 0 radical (unpaired) electrons. The van der Waals surface area contributed by atoms with Crippen molar-refractivity contribution in [2.24, 2.45) is 10.2 Å². The van der Waals surface area contributed by atoms with Crippen LogP contribution in [0.4, 0.5) is 5.69 Å². The Bertz CT molecular complexity index is 899. The normalized spacial score (nSPS) is 18.4. The van der Waals surface area contributed by atoms with Crippen LogP contribution in [0.1, 0.15) is 11.1 Å². The number of thioether (sulfide) groups is 1. The molecule has 3 rings (SSSR count). The molecule has 0 bridgehead atoms. The first kappa shape index (κ1) is 18.3. The Morgan fingerprint density at radius 1 is 1.27 bits per heavy atom. The number of benzene rings is 2. The summed E-state index contributed by atoms with van der Waals surface area (Å²) in [5, 5.41) is 21.5. The van der Waals surface area contributed by atoms with Gasteiger partial charge in [0.25, 0.3) is 5.69 Å². The molecule has 0 saturated carbocycles. The number of nitro benzene ring substituents is 1. The Kier molecular flexibility index (Phi) is 5.79. The largest absolute Gasteiger partial charge is 0.303 e. The van der Waals surface area contributed by atoms with Crippen molar-refractivity contribution in [3.8, 4) is 0 Å². The van der Waals surface area contributed by atoms with E-state index in [4.69, 9.17) is 0 Å². The molecule has 7 nitrogen and oxygen atoms in total. The first-order valence-electron chi connectivity index (χ1n) is 7.59. The maximum Gasteiger partial charge on any atom is 0.270 e. The molecule has 1 amide bonds. The molecule has 1 saturated heterocycles. The highest BCUT2D eigenvalue weighted by atomic mass is 79.9. The van der Waals surface area contributed by atoms with E-state index < -0.39 is 4.92 Å². The van der Waals surface area contributed by atoms with Crippen LogP contribution in [-0.2, 0) is 11.2 Å². The van der Waals surface area contributed by atoms with E-state index in [9.17, 15) is 14.9 Å². The summed E-state index contributed by atoms with van der Waals surface area (Å²) in [5.41, 5.74) is 1.60. The minimum atomic E-state index is -0.469. The first-order chi connectivity index (χ1) is 12.5.